The van der Waals surface area contributed by atoms with E-state index in [1.54, 1.807) is 0 Å². The Kier molecular flexibility index (Phi) is 1120. The molecule has 0 saturated carbocycles. The second-order valence-corrected chi connectivity index (χ2v) is 0. The fraction of sp³-hybridized carbons (Fsp3) is 0. The Balaban J connectivity index is 0. The molecule has 0 aromatic carbocycles. The minimum atomic E-state index is 0. The van der Waals surface area contributed by atoms with Gasteiger partial charge in [0.05, 0.1) is 0 Å². The van der Waals surface area contributed by atoms with Crippen LogP contribution in [0.1, 0.15) is 0 Å². The van der Waals surface area contributed by atoms with E-state index in [0.717, 1.165) is 0 Å². The Hall–Kier alpha value is 2.58. The maximum atomic E-state index is 0. The van der Waals surface area contributed by atoms with Gasteiger partial charge in [0.15, 0.2) is 0 Å². The molecule has 0 amide bonds. The van der Waals surface area contributed by atoms with E-state index in [1.165, 1.54) is 0 Å². The van der Waals surface area contributed by atoms with E-state index in [0.29, 0.717) is 0 Å². The van der Waals surface area contributed by atoms with Gasteiger partial charge >= 0.3 is 0 Å². The number of hydrogen-bond donors (Lipinski definition) is 0. The Labute approximate surface area is 106 Å². The smallest absolute Gasteiger partial charge is 0 e. The van der Waals surface area contributed by atoms with Crippen molar-refractivity contribution in [3.05, 3.63) is 0 Å². The van der Waals surface area contributed by atoms with Crippen LogP contribution in [0.5, 0.6) is 0 Å². The zero-order valence-electron chi connectivity index (χ0n) is 3.91. The molecule has 0 aromatic rings. The van der Waals surface area contributed by atoms with Crippen molar-refractivity contribution in [2.45, 2.75) is 0 Å². The molecule has 40 valence electrons. The molecule has 0 fully saturated rings. The van der Waals surface area contributed by atoms with Crippen LogP contribution >= 0.6 is 0 Å². The van der Waals surface area contributed by atoms with Gasteiger partial charge in [-0.2, -0.15) is 0 Å². The summed E-state index contributed by atoms with van der Waals surface area (Å²) in [5.41, 5.74) is 0. The fourth-order valence-electron chi connectivity index (χ4n) is 0. The summed E-state index contributed by atoms with van der Waals surface area (Å²) in [5, 5.41) is 0. The predicted octanol–water partition coefficient (Wildman–Crippen LogP) is -4.44. The van der Waals surface area contributed by atoms with Gasteiger partial charge in [-0.1, -0.05) is 0 Å². The van der Waals surface area contributed by atoms with Crippen LogP contribution in [0, 0.1) is 0 Å². The normalized spacial score (nSPS) is 0. The third kappa shape index (κ3) is 55.9. The quantitative estimate of drug-likeness (QED) is 0.333. The average molecular weight is 180 g/mol. The Morgan fingerprint density at radius 3 is 0.429 bits per heavy atom. The third-order valence-electron chi connectivity index (χ3n) is 0. The van der Waals surface area contributed by atoms with Crippen molar-refractivity contribution in [3.8, 4) is 0 Å². The van der Waals surface area contributed by atoms with Crippen LogP contribution in [0.25, 0.3) is 0 Å². The maximum Gasteiger partial charge on any atom is 0 e. The Bertz CT molecular complexity index is 9.65. The van der Waals surface area contributed by atoms with Crippen LogP contribution in [0.2, 0.25) is 0 Å². The molecule has 0 spiro atoms. The minimum absolute atomic E-state index is 0. The van der Waals surface area contributed by atoms with E-state index in [2.05, 4.69) is 0 Å². The number of rotatable bonds is 0. The number of hydrogen-bond acceptors (Lipinski definition) is 0. The van der Waals surface area contributed by atoms with Gasteiger partial charge in [-0.15, -0.1) is 0 Å². The van der Waals surface area contributed by atoms with Crippen molar-refractivity contribution < 1.29 is 21.9 Å². The Morgan fingerprint density at radius 1 is 0.429 bits per heavy atom. The van der Waals surface area contributed by atoms with Crippen molar-refractivity contribution in [1.29, 1.82) is 0 Å². The summed E-state index contributed by atoms with van der Waals surface area (Å²) in [6.45, 7) is 0. The van der Waals surface area contributed by atoms with Crippen molar-refractivity contribution in [2.24, 2.45) is 0 Å². The molecule has 0 rings (SSSR count). The van der Waals surface area contributed by atoms with Crippen LogP contribution in [0.4, 0.5) is 0 Å². The first-order valence-corrected chi connectivity index (χ1v) is 0. The summed E-state index contributed by atoms with van der Waals surface area (Å²) in [6.07, 6.45) is 0. The summed E-state index contributed by atoms with van der Waals surface area (Å²) in [5.74, 6) is 0. The van der Waals surface area contributed by atoms with Crippen molar-refractivity contribution in [1.82, 2.24) is 0 Å². The van der Waals surface area contributed by atoms with Crippen molar-refractivity contribution in [2.75, 3.05) is 0 Å². The molecule has 4 nitrogen and oxygen atoms in total. The zero-order valence-corrected chi connectivity index (χ0v) is 9.33. The first-order valence-electron chi connectivity index (χ1n) is 0. The van der Waals surface area contributed by atoms with Gasteiger partial charge < -0.3 is 21.9 Å². The maximum absolute atomic E-state index is 0. The molecular formula is H8Ca2O4Si. The van der Waals surface area contributed by atoms with E-state index >= 15 is 0 Å². The molecule has 7 heavy (non-hydrogen) atoms. The molecule has 8 N–H and O–H groups in total. The first kappa shape index (κ1) is 106. The van der Waals surface area contributed by atoms with Gasteiger partial charge in [0.1, 0.15) is 0 Å². The molecule has 0 bridgehead atoms. The van der Waals surface area contributed by atoms with Crippen LogP contribution in [0.3, 0.4) is 0 Å². The standard InChI is InChI=1S/2Ca.4H2O.Si/h;;4*1H2;. The largest absolute Gasteiger partial charge is 0.412 e. The van der Waals surface area contributed by atoms with E-state index in [1.807, 2.05) is 0 Å². The van der Waals surface area contributed by atoms with E-state index in [-0.39, 0.29) is 108 Å². The molecule has 0 unspecified atom stereocenters. The summed E-state index contributed by atoms with van der Waals surface area (Å²) in [6, 6.07) is 0. The molecule has 0 aromatic heterocycles. The van der Waals surface area contributed by atoms with Gasteiger partial charge in [-0.25, -0.2) is 0 Å². The molecule has 8 radical (unpaired) electrons. The molecule has 0 aliphatic heterocycles. The molecule has 7 heteroatoms. The average Bonchev–Trinajstić information content (AvgIpc) is 0. The molecular weight excluding hydrogens is 172 g/mol. The summed E-state index contributed by atoms with van der Waals surface area (Å²) in [7, 11) is 0. The van der Waals surface area contributed by atoms with Gasteiger partial charge in [-0.3, -0.25) is 0 Å². The topological polar surface area (TPSA) is 126 Å². The zero-order chi connectivity index (χ0) is 0. The van der Waals surface area contributed by atoms with Gasteiger partial charge in [0, 0.05) is 86.4 Å². The third-order valence-corrected chi connectivity index (χ3v) is 0. The van der Waals surface area contributed by atoms with Crippen LogP contribution in [0.15, 0.2) is 0 Å². The van der Waals surface area contributed by atoms with Crippen LogP contribution in [-0.2, 0) is 0 Å². The van der Waals surface area contributed by atoms with E-state index in [4.69, 9.17) is 0 Å². The molecule has 0 saturated heterocycles. The molecule has 0 atom stereocenters. The first-order chi connectivity index (χ1) is 0. The molecule has 0 aliphatic carbocycles. The van der Waals surface area contributed by atoms with E-state index < -0.39 is 0 Å². The van der Waals surface area contributed by atoms with E-state index in [9.17, 15) is 0 Å². The van der Waals surface area contributed by atoms with Gasteiger partial charge in [-0.05, 0) is 0 Å². The van der Waals surface area contributed by atoms with Crippen molar-refractivity contribution >= 4 is 86.4 Å². The Morgan fingerprint density at radius 2 is 0.429 bits per heavy atom. The SMILES string of the molecule is O.O.O.O.[Ca].[Ca].[Si]. The monoisotopic (exact) mass is 180 g/mol. The summed E-state index contributed by atoms with van der Waals surface area (Å²) >= 11 is 0. The predicted molar refractivity (Wildman–Crippen MR) is 31.7 cm³/mol. The summed E-state index contributed by atoms with van der Waals surface area (Å²) < 4.78 is 0. The van der Waals surface area contributed by atoms with Crippen LogP contribution in [-0.4, -0.2) is 108 Å². The minimum Gasteiger partial charge on any atom is -0.412 e. The molecule has 0 aliphatic rings. The second-order valence-electron chi connectivity index (χ2n) is 0. The summed E-state index contributed by atoms with van der Waals surface area (Å²) in [4.78, 5) is 0. The van der Waals surface area contributed by atoms with Gasteiger partial charge in [0.2, 0.25) is 0 Å². The second kappa shape index (κ2) is 74.2. The van der Waals surface area contributed by atoms with Crippen molar-refractivity contribution in [3.63, 3.8) is 0 Å². The fourth-order valence-corrected chi connectivity index (χ4v) is 0. The van der Waals surface area contributed by atoms with Crippen LogP contribution < -0.4 is 0 Å². The molecule has 0 heterocycles. The van der Waals surface area contributed by atoms with Gasteiger partial charge in [0.25, 0.3) is 0 Å².